The molecule has 8 nitrogen and oxygen atoms in total. The standard InChI is InChI=1S/C35H30N2O6/c1-39-24-17-15-23(16-18-24)35-29(21-11-7-5-8-12-21)28-31(36-32(37-33(28)42-4)22-13-9-6-10-14-22)34(35,38)30-26(41-3)19-25(40-2)20-27(30)43-35/h5-20,29,38H,1-4H3. The summed E-state index contributed by atoms with van der Waals surface area (Å²) in [5, 5.41) is 13.5. The Morgan fingerprint density at radius 2 is 1.40 bits per heavy atom. The molecule has 0 saturated carbocycles. The van der Waals surface area contributed by atoms with Crippen LogP contribution in [0.1, 0.15) is 33.9 Å². The SMILES string of the molecule is COc1ccc(C23Oc4cc(OC)cc(OC)c4C2(O)c2nc(-c4ccccc4)nc(OC)c2C3c2ccccc2)cc1. The molecule has 2 aliphatic rings. The van der Waals surface area contributed by atoms with Crippen LogP contribution in [0.2, 0.25) is 0 Å². The second-order valence-corrected chi connectivity index (χ2v) is 10.5. The summed E-state index contributed by atoms with van der Waals surface area (Å²) in [5.41, 5.74) is 0.566. The Labute approximate surface area is 249 Å². The van der Waals surface area contributed by atoms with E-state index in [-0.39, 0.29) is 0 Å². The molecule has 8 heteroatoms. The van der Waals surface area contributed by atoms with Crippen LogP contribution in [-0.4, -0.2) is 43.5 Å². The average molecular weight is 575 g/mol. The average Bonchev–Trinajstić information content (AvgIpc) is 3.46. The predicted molar refractivity (Wildman–Crippen MR) is 160 cm³/mol. The fourth-order valence-electron chi connectivity index (χ4n) is 6.66. The van der Waals surface area contributed by atoms with E-state index in [0.29, 0.717) is 57.1 Å². The molecule has 1 aromatic heterocycles. The second-order valence-electron chi connectivity index (χ2n) is 10.5. The maximum Gasteiger partial charge on any atom is 0.221 e. The van der Waals surface area contributed by atoms with Crippen molar-refractivity contribution in [2.45, 2.75) is 17.1 Å². The second kappa shape index (κ2) is 10.0. The summed E-state index contributed by atoms with van der Waals surface area (Å²) in [6.07, 6.45) is 0. The molecule has 0 radical (unpaired) electrons. The van der Waals surface area contributed by atoms with Gasteiger partial charge in [-0.05, 0) is 17.7 Å². The minimum absolute atomic E-state index is 0.353. The molecule has 1 aliphatic heterocycles. The van der Waals surface area contributed by atoms with Crippen LogP contribution in [0.25, 0.3) is 11.4 Å². The molecule has 1 N–H and O–H groups in total. The van der Waals surface area contributed by atoms with E-state index in [1.807, 2.05) is 84.9 Å². The van der Waals surface area contributed by atoms with Crippen LogP contribution in [0, 0.1) is 0 Å². The maximum atomic E-state index is 13.5. The van der Waals surface area contributed by atoms with Gasteiger partial charge in [-0.2, -0.15) is 4.98 Å². The van der Waals surface area contributed by atoms with Gasteiger partial charge in [0, 0.05) is 23.3 Å². The van der Waals surface area contributed by atoms with Gasteiger partial charge in [-0.1, -0.05) is 72.8 Å². The summed E-state index contributed by atoms with van der Waals surface area (Å²) in [6, 6.07) is 30.6. The third-order valence-corrected chi connectivity index (χ3v) is 8.49. The number of benzene rings is 4. The van der Waals surface area contributed by atoms with Crippen molar-refractivity contribution >= 4 is 0 Å². The zero-order chi connectivity index (χ0) is 29.8. The quantitative estimate of drug-likeness (QED) is 0.259. The monoisotopic (exact) mass is 574 g/mol. The molecule has 3 unspecified atom stereocenters. The Morgan fingerprint density at radius 1 is 0.721 bits per heavy atom. The molecule has 5 aromatic rings. The van der Waals surface area contributed by atoms with Crippen molar-refractivity contribution in [3.8, 4) is 40.3 Å². The zero-order valence-corrected chi connectivity index (χ0v) is 24.2. The lowest BCUT2D eigenvalue weighted by molar-refractivity contribution is -0.0909. The van der Waals surface area contributed by atoms with Crippen molar-refractivity contribution in [3.05, 3.63) is 125 Å². The summed E-state index contributed by atoms with van der Waals surface area (Å²) in [4.78, 5) is 9.98. The van der Waals surface area contributed by atoms with Crippen LogP contribution in [0.3, 0.4) is 0 Å². The topological polar surface area (TPSA) is 92.2 Å². The van der Waals surface area contributed by atoms with Crippen molar-refractivity contribution in [1.82, 2.24) is 9.97 Å². The van der Waals surface area contributed by atoms with Crippen molar-refractivity contribution in [1.29, 1.82) is 0 Å². The third kappa shape index (κ3) is 3.66. The van der Waals surface area contributed by atoms with E-state index in [4.69, 9.17) is 33.7 Å². The normalized spacial score (nSPS) is 21.3. The molecule has 43 heavy (non-hydrogen) atoms. The molecule has 0 fully saturated rings. The zero-order valence-electron chi connectivity index (χ0n) is 24.2. The van der Waals surface area contributed by atoms with Gasteiger partial charge in [0.15, 0.2) is 17.0 Å². The number of aliphatic hydroxyl groups is 1. The maximum absolute atomic E-state index is 13.5. The molecular formula is C35H30N2O6. The Kier molecular flexibility index (Phi) is 6.25. The summed E-state index contributed by atoms with van der Waals surface area (Å²) < 4.78 is 30.1. The number of methoxy groups -OCH3 is 4. The largest absolute Gasteiger partial charge is 0.497 e. The fraction of sp³-hybridized carbons (Fsp3) is 0.200. The minimum Gasteiger partial charge on any atom is -0.497 e. The first kappa shape index (κ1) is 26.8. The van der Waals surface area contributed by atoms with Gasteiger partial charge in [-0.25, -0.2) is 4.98 Å². The van der Waals surface area contributed by atoms with Crippen molar-refractivity contribution in [2.24, 2.45) is 0 Å². The minimum atomic E-state index is -1.84. The van der Waals surface area contributed by atoms with Gasteiger partial charge in [-0.3, -0.25) is 0 Å². The van der Waals surface area contributed by atoms with Crippen molar-refractivity contribution in [3.63, 3.8) is 0 Å². The number of hydrogen-bond acceptors (Lipinski definition) is 8. The van der Waals surface area contributed by atoms with E-state index in [9.17, 15) is 5.11 Å². The third-order valence-electron chi connectivity index (χ3n) is 8.49. The molecule has 2 heterocycles. The number of fused-ring (bicyclic) bond motifs is 5. The van der Waals surface area contributed by atoms with Gasteiger partial charge in [-0.15, -0.1) is 0 Å². The Balaban J connectivity index is 1.64. The molecule has 7 rings (SSSR count). The van der Waals surface area contributed by atoms with E-state index < -0.39 is 17.1 Å². The summed E-state index contributed by atoms with van der Waals surface area (Å²) in [6.45, 7) is 0. The van der Waals surface area contributed by atoms with Gasteiger partial charge in [0.05, 0.1) is 51.2 Å². The van der Waals surface area contributed by atoms with Gasteiger partial charge in [0.2, 0.25) is 5.88 Å². The first-order chi connectivity index (χ1) is 21.0. The van der Waals surface area contributed by atoms with Crippen molar-refractivity contribution in [2.75, 3.05) is 28.4 Å². The molecule has 3 atom stereocenters. The van der Waals surface area contributed by atoms with Crippen LogP contribution < -0.4 is 23.7 Å². The van der Waals surface area contributed by atoms with E-state index in [2.05, 4.69) is 0 Å². The number of nitrogens with zero attached hydrogens (tertiary/aromatic N) is 2. The van der Waals surface area contributed by atoms with Crippen LogP contribution in [-0.2, 0) is 11.2 Å². The summed E-state index contributed by atoms with van der Waals surface area (Å²) >= 11 is 0. The Hall–Kier alpha value is -5.08. The highest BCUT2D eigenvalue weighted by Crippen LogP contribution is 2.71. The van der Waals surface area contributed by atoms with Gasteiger partial charge in [0.1, 0.15) is 23.0 Å². The highest BCUT2D eigenvalue weighted by atomic mass is 16.5. The summed E-state index contributed by atoms with van der Waals surface area (Å²) in [5.74, 6) is 2.23. The van der Waals surface area contributed by atoms with Gasteiger partial charge in [0.25, 0.3) is 0 Å². The number of aromatic nitrogens is 2. The molecular weight excluding hydrogens is 544 g/mol. The molecule has 0 amide bonds. The number of hydrogen-bond donors (Lipinski definition) is 1. The molecule has 1 aliphatic carbocycles. The Morgan fingerprint density at radius 3 is 2.02 bits per heavy atom. The van der Waals surface area contributed by atoms with Crippen LogP contribution in [0.15, 0.2) is 97.1 Å². The lowest BCUT2D eigenvalue weighted by Gasteiger charge is -2.40. The van der Waals surface area contributed by atoms with Crippen LogP contribution in [0.5, 0.6) is 28.9 Å². The Bertz CT molecular complexity index is 1810. The number of rotatable bonds is 7. The smallest absolute Gasteiger partial charge is 0.221 e. The molecule has 0 saturated heterocycles. The van der Waals surface area contributed by atoms with E-state index in [0.717, 1.165) is 11.1 Å². The molecule has 4 aromatic carbocycles. The van der Waals surface area contributed by atoms with Crippen molar-refractivity contribution < 1.29 is 28.8 Å². The van der Waals surface area contributed by atoms with E-state index >= 15 is 0 Å². The van der Waals surface area contributed by atoms with E-state index in [1.165, 1.54) is 0 Å². The van der Waals surface area contributed by atoms with Crippen LogP contribution >= 0.6 is 0 Å². The first-order valence-electron chi connectivity index (χ1n) is 13.9. The lowest BCUT2D eigenvalue weighted by atomic mass is 9.70. The summed E-state index contributed by atoms with van der Waals surface area (Å²) in [7, 11) is 6.34. The van der Waals surface area contributed by atoms with Gasteiger partial charge >= 0.3 is 0 Å². The molecule has 216 valence electrons. The highest BCUT2D eigenvalue weighted by Gasteiger charge is 2.74. The van der Waals surface area contributed by atoms with Gasteiger partial charge < -0.3 is 28.8 Å². The van der Waals surface area contributed by atoms with E-state index in [1.54, 1.807) is 40.6 Å². The number of ether oxygens (including phenoxy) is 5. The molecule has 0 spiro atoms. The predicted octanol–water partition coefficient (Wildman–Crippen LogP) is 5.85. The van der Waals surface area contributed by atoms with Crippen LogP contribution in [0.4, 0.5) is 0 Å². The first-order valence-corrected chi connectivity index (χ1v) is 13.9. The lowest BCUT2D eigenvalue weighted by Crippen LogP contribution is -2.49. The fourth-order valence-corrected chi connectivity index (χ4v) is 6.66. The highest BCUT2D eigenvalue weighted by molar-refractivity contribution is 5.71. The molecule has 0 bridgehead atoms.